The molecule has 116 valence electrons. The number of carbonyl (C=O) groups excluding carboxylic acids is 1. The van der Waals surface area contributed by atoms with E-state index in [-0.39, 0.29) is 12.2 Å². The molecule has 1 nitrogen and oxygen atoms in total. The smallest absolute Gasteiger partial charge is 0.294 e. The fourth-order valence-electron chi connectivity index (χ4n) is 2.15. The highest BCUT2D eigenvalue weighted by Gasteiger charge is 2.30. The average molecular weight is 324 g/mol. The molecule has 2 aromatic carbocycles. The van der Waals surface area contributed by atoms with Crippen LogP contribution in [-0.4, -0.2) is 12.0 Å². The first-order valence-electron chi connectivity index (χ1n) is 6.74. The Balaban J connectivity index is 2.03. The number of benzene rings is 2. The minimum Gasteiger partial charge on any atom is -0.294 e. The molecule has 0 saturated heterocycles. The van der Waals surface area contributed by atoms with E-state index in [0.717, 1.165) is 22.6 Å². The van der Waals surface area contributed by atoms with Crippen LogP contribution in [0.4, 0.5) is 13.2 Å². The monoisotopic (exact) mass is 324 g/mol. The molecule has 0 aliphatic carbocycles. The number of Topliss-reactive ketones (excluding diaryl/α,β-unsaturated/α-hetero) is 1. The molecular weight excluding hydrogens is 309 g/mol. The fourth-order valence-corrected chi connectivity index (χ4v) is 2.79. The van der Waals surface area contributed by atoms with Crippen LogP contribution in [0.2, 0.25) is 0 Å². The second-order valence-electron chi connectivity index (χ2n) is 4.81. The highest BCUT2D eigenvalue weighted by atomic mass is 32.2. The second-order valence-corrected chi connectivity index (χ2v) is 5.66. The largest absolute Gasteiger partial charge is 0.416 e. The number of alkyl halides is 3. The average Bonchev–Trinajstić information content (AvgIpc) is 2.52. The topological polar surface area (TPSA) is 17.1 Å². The highest BCUT2D eigenvalue weighted by molar-refractivity contribution is 7.98. The number of ketones is 1. The van der Waals surface area contributed by atoms with Crippen molar-refractivity contribution >= 4 is 17.5 Å². The number of aryl methyl sites for hydroxylation is 1. The summed E-state index contributed by atoms with van der Waals surface area (Å²) in [5, 5.41) is 0. The quantitative estimate of drug-likeness (QED) is 0.552. The Morgan fingerprint density at radius 3 is 2.27 bits per heavy atom. The SMILES string of the molecule is CSc1ccccc1CCC(=O)c1ccc(C(F)(F)F)cc1. The Kier molecular flexibility index (Phi) is 5.29. The van der Waals surface area contributed by atoms with Crippen molar-refractivity contribution < 1.29 is 18.0 Å². The molecular formula is C17H15F3OS. The van der Waals surface area contributed by atoms with Gasteiger partial charge in [-0.2, -0.15) is 13.2 Å². The molecule has 0 spiro atoms. The van der Waals surface area contributed by atoms with Crippen molar-refractivity contribution in [1.82, 2.24) is 0 Å². The Hall–Kier alpha value is -1.75. The minimum atomic E-state index is -4.38. The van der Waals surface area contributed by atoms with Gasteiger partial charge in [0, 0.05) is 16.9 Å². The lowest BCUT2D eigenvalue weighted by atomic mass is 10.0. The van der Waals surface area contributed by atoms with Crippen LogP contribution in [0.25, 0.3) is 0 Å². The van der Waals surface area contributed by atoms with Crippen molar-refractivity contribution in [3.8, 4) is 0 Å². The van der Waals surface area contributed by atoms with Gasteiger partial charge in [0.2, 0.25) is 0 Å². The fraction of sp³-hybridized carbons (Fsp3) is 0.235. The van der Waals surface area contributed by atoms with E-state index in [1.807, 2.05) is 30.5 Å². The zero-order valence-electron chi connectivity index (χ0n) is 12.0. The van der Waals surface area contributed by atoms with Crippen molar-refractivity contribution in [3.05, 3.63) is 65.2 Å². The maximum Gasteiger partial charge on any atom is 0.416 e. The van der Waals surface area contributed by atoms with Gasteiger partial charge >= 0.3 is 6.18 Å². The van der Waals surface area contributed by atoms with E-state index in [0.29, 0.717) is 12.0 Å². The molecule has 0 saturated carbocycles. The van der Waals surface area contributed by atoms with Crippen LogP contribution < -0.4 is 0 Å². The maximum atomic E-state index is 12.5. The van der Waals surface area contributed by atoms with Crippen molar-refractivity contribution in [3.63, 3.8) is 0 Å². The van der Waals surface area contributed by atoms with Crippen LogP contribution in [0.15, 0.2) is 53.4 Å². The summed E-state index contributed by atoms with van der Waals surface area (Å²) in [6, 6.07) is 12.2. The molecule has 0 heterocycles. The van der Waals surface area contributed by atoms with E-state index in [4.69, 9.17) is 0 Å². The van der Waals surface area contributed by atoms with Crippen LogP contribution in [0.3, 0.4) is 0 Å². The first-order chi connectivity index (χ1) is 10.4. The summed E-state index contributed by atoms with van der Waals surface area (Å²) in [6.45, 7) is 0. The molecule has 5 heteroatoms. The molecule has 0 aliphatic rings. The summed E-state index contributed by atoms with van der Waals surface area (Å²) in [4.78, 5) is 13.2. The Labute approximate surface area is 131 Å². The van der Waals surface area contributed by atoms with Gasteiger partial charge < -0.3 is 0 Å². The highest BCUT2D eigenvalue weighted by Crippen LogP contribution is 2.29. The number of thioether (sulfide) groups is 1. The van der Waals surface area contributed by atoms with E-state index in [2.05, 4.69) is 0 Å². The molecule has 2 rings (SSSR count). The van der Waals surface area contributed by atoms with Crippen LogP contribution in [0, 0.1) is 0 Å². The molecule has 0 amide bonds. The predicted molar refractivity (Wildman–Crippen MR) is 82.3 cm³/mol. The molecule has 0 fully saturated rings. The van der Waals surface area contributed by atoms with Gasteiger partial charge in [-0.1, -0.05) is 30.3 Å². The summed E-state index contributed by atoms with van der Waals surface area (Å²) in [5.41, 5.74) is 0.654. The van der Waals surface area contributed by atoms with Crippen LogP contribution in [0.5, 0.6) is 0 Å². The van der Waals surface area contributed by atoms with E-state index < -0.39 is 11.7 Å². The van der Waals surface area contributed by atoms with E-state index in [1.165, 1.54) is 12.1 Å². The maximum absolute atomic E-state index is 12.5. The van der Waals surface area contributed by atoms with E-state index in [9.17, 15) is 18.0 Å². The summed E-state index contributed by atoms with van der Waals surface area (Å²) in [6.07, 6.45) is -1.55. The lowest BCUT2D eigenvalue weighted by Crippen LogP contribution is -2.06. The summed E-state index contributed by atoms with van der Waals surface area (Å²) >= 11 is 1.61. The molecule has 0 unspecified atom stereocenters. The van der Waals surface area contributed by atoms with Crippen molar-refractivity contribution in [2.45, 2.75) is 23.9 Å². The Bertz CT molecular complexity index is 648. The van der Waals surface area contributed by atoms with Gasteiger partial charge in [-0.3, -0.25) is 4.79 Å². The van der Waals surface area contributed by atoms with E-state index in [1.54, 1.807) is 11.8 Å². The second kappa shape index (κ2) is 7.01. The van der Waals surface area contributed by atoms with Crippen LogP contribution in [0.1, 0.15) is 27.9 Å². The van der Waals surface area contributed by atoms with Gasteiger partial charge in [0.15, 0.2) is 5.78 Å². The number of rotatable bonds is 5. The lowest BCUT2D eigenvalue weighted by molar-refractivity contribution is -0.137. The molecule has 0 bridgehead atoms. The Morgan fingerprint density at radius 1 is 1.05 bits per heavy atom. The molecule has 0 aromatic heterocycles. The van der Waals surface area contributed by atoms with Crippen molar-refractivity contribution in [1.29, 1.82) is 0 Å². The molecule has 2 aromatic rings. The van der Waals surface area contributed by atoms with Gasteiger partial charge in [-0.25, -0.2) is 0 Å². The van der Waals surface area contributed by atoms with Gasteiger partial charge in [0.1, 0.15) is 0 Å². The minimum absolute atomic E-state index is 0.148. The number of carbonyl (C=O) groups is 1. The summed E-state index contributed by atoms with van der Waals surface area (Å²) in [5.74, 6) is -0.148. The standard InChI is InChI=1S/C17H15F3OS/c1-22-16-5-3-2-4-13(16)8-11-15(21)12-6-9-14(10-7-12)17(18,19)20/h2-7,9-10H,8,11H2,1H3. The first kappa shape index (κ1) is 16.6. The third-order valence-corrected chi connectivity index (χ3v) is 4.19. The molecule has 22 heavy (non-hydrogen) atoms. The number of hydrogen-bond acceptors (Lipinski definition) is 2. The summed E-state index contributed by atoms with van der Waals surface area (Å²) < 4.78 is 37.5. The lowest BCUT2D eigenvalue weighted by Gasteiger charge is -2.08. The predicted octanol–water partition coefficient (Wildman–Crippen LogP) is 5.24. The number of hydrogen-bond donors (Lipinski definition) is 0. The van der Waals surface area contributed by atoms with Crippen molar-refractivity contribution in [2.75, 3.05) is 6.26 Å². The molecule has 0 aliphatic heterocycles. The first-order valence-corrected chi connectivity index (χ1v) is 7.96. The van der Waals surface area contributed by atoms with Crippen LogP contribution in [-0.2, 0) is 12.6 Å². The third-order valence-electron chi connectivity index (χ3n) is 3.35. The zero-order valence-corrected chi connectivity index (χ0v) is 12.8. The third kappa shape index (κ3) is 4.13. The normalized spacial score (nSPS) is 11.5. The van der Waals surface area contributed by atoms with Crippen molar-refractivity contribution in [2.24, 2.45) is 0 Å². The van der Waals surface area contributed by atoms with Crippen LogP contribution >= 0.6 is 11.8 Å². The van der Waals surface area contributed by atoms with E-state index >= 15 is 0 Å². The van der Waals surface area contributed by atoms with Gasteiger partial charge in [-0.05, 0) is 36.4 Å². The molecule has 0 N–H and O–H groups in total. The molecule has 0 atom stereocenters. The zero-order chi connectivity index (χ0) is 16.2. The molecule has 0 radical (unpaired) electrons. The van der Waals surface area contributed by atoms with Gasteiger partial charge in [0.25, 0.3) is 0 Å². The Morgan fingerprint density at radius 2 is 1.68 bits per heavy atom. The number of halogens is 3. The van der Waals surface area contributed by atoms with Gasteiger partial charge in [-0.15, -0.1) is 11.8 Å². The van der Waals surface area contributed by atoms with Gasteiger partial charge in [0.05, 0.1) is 5.56 Å². The summed E-state index contributed by atoms with van der Waals surface area (Å²) in [7, 11) is 0.